The Kier molecular flexibility index (Phi) is 4.10. The van der Waals surface area contributed by atoms with Crippen molar-refractivity contribution in [3.05, 3.63) is 59.7 Å². The molecule has 0 aliphatic rings. The maximum Gasteiger partial charge on any atom is 0.162 e. The molecule has 0 unspecified atom stereocenters. The summed E-state index contributed by atoms with van der Waals surface area (Å²) in [5.41, 5.74) is 3.52. The standard InChI is InChI=1S/C17H15NO/c1-2-3-17(19)16-10-8-15(9-11-16)14-6-4-13(12-18)5-7-14/h4-11H,2-3H2,1H3. The zero-order chi connectivity index (χ0) is 13.7. The molecule has 0 fully saturated rings. The highest BCUT2D eigenvalue weighted by Gasteiger charge is 2.04. The van der Waals surface area contributed by atoms with Gasteiger partial charge in [-0.25, -0.2) is 0 Å². The Bertz CT molecular complexity index is 603. The number of nitrogens with zero attached hydrogens (tertiary/aromatic N) is 1. The highest BCUT2D eigenvalue weighted by Crippen LogP contribution is 2.20. The van der Waals surface area contributed by atoms with Crippen LogP contribution < -0.4 is 0 Å². The maximum atomic E-state index is 11.7. The van der Waals surface area contributed by atoms with Crippen molar-refractivity contribution in [1.82, 2.24) is 0 Å². The van der Waals surface area contributed by atoms with E-state index in [1.165, 1.54) is 0 Å². The van der Waals surface area contributed by atoms with E-state index < -0.39 is 0 Å². The van der Waals surface area contributed by atoms with Crippen LogP contribution in [0.1, 0.15) is 35.7 Å². The lowest BCUT2D eigenvalue weighted by molar-refractivity contribution is 0.0982. The van der Waals surface area contributed by atoms with Crippen molar-refractivity contribution in [3.8, 4) is 17.2 Å². The van der Waals surface area contributed by atoms with Crippen LogP contribution in [-0.2, 0) is 0 Å². The normalized spacial score (nSPS) is 9.89. The molecule has 0 aromatic heterocycles. The van der Waals surface area contributed by atoms with Crippen molar-refractivity contribution in [1.29, 1.82) is 5.26 Å². The van der Waals surface area contributed by atoms with Crippen LogP contribution in [-0.4, -0.2) is 5.78 Å². The lowest BCUT2D eigenvalue weighted by Crippen LogP contribution is -1.97. The van der Waals surface area contributed by atoms with Gasteiger partial charge in [-0.2, -0.15) is 5.26 Å². The Morgan fingerprint density at radius 1 is 1.00 bits per heavy atom. The molecule has 0 bridgehead atoms. The van der Waals surface area contributed by atoms with Crippen LogP contribution in [0.15, 0.2) is 48.5 Å². The largest absolute Gasteiger partial charge is 0.294 e. The van der Waals surface area contributed by atoms with Gasteiger partial charge in [0, 0.05) is 12.0 Å². The Morgan fingerprint density at radius 2 is 1.53 bits per heavy atom. The number of Topliss-reactive ketones (excluding diaryl/α,β-unsaturated/α-hetero) is 1. The third-order valence-electron chi connectivity index (χ3n) is 3.03. The number of carbonyl (C=O) groups excluding carboxylic acids is 1. The summed E-state index contributed by atoms with van der Waals surface area (Å²) in [7, 11) is 0. The SMILES string of the molecule is CCCC(=O)c1ccc(-c2ccc(C#N)cc2)cc1. The number of hydrogen-bond donors (Lipinski definition) is 0. The molecule has 0 radical (unpaired) electrons. The van der Waals surface area contributed by atoms with Gasteiger partial charge in [0.25, 0.3) is 0 Å². The Morgan fingerprint density at radius 3 is 2.00 bits per heavy atom. The second-order valence-electron chi connectivity index (χ2n) is 4.44. The molecule has 0 amide bonds. The van der Waals surface area contributed by atoms with Gasteiger partial charge in [-0.1, -0.05) is 43.3 Å². The summed E-state index contributed by atoms with van der Waals surface area (Å²) >= 11 is 0. The predicted octanol–water partition coefficient (Wildman–Crippen LogP) is 4.21. The van der Waals surface area contributed by atoms with E-state index in [9.17, 15) is 4.79 Å². The van der Waals surface area contributed by atoms with Gasteiger partial charge in [0.15, 0.2) is 5.78 Å². The van der Waals surface area contributed by atoms with Crippen molar-refractivity contribution in [2.75, 3.05) is 0 Å². The minimum Gasteiger partial charge on any atom is -0.294 e. The maximum absolute atomic E-state index is 11.7. The molecule has 0 saturated carbocycles. The fourth-order valence-electron chi connectivity index (χ4n) is 1.96. The first-order valence-electron chi connectivity index (χ1n) is 6.38. The number of benzene rings is 2. The molecule has 2 aromatic rings. The number of rotatable bonds is 4. The van der Waals surface area contributed by atoms with Crippen LogP contribution in [0.2, 0.25) is 0 Å². The average Bonchev–Trinajstić information content (AvgIpc) is 2.48. The number of hydrogen-bond acceptors (Lipinski definition) is 2. The molecule has 2 nitrogen and oxygen atoms in total. The van der Waals surface area contributed by atoms with E-state index in [1.54, 1.807) is 12.1 Å². The first-order valence-corrected chi connectivity index (χ1v) is 6.38. The average molecular weight is 249 g/mol. The second kappa shape index (κ2) is 5.97. The second-order valence-corrected chi connectivity index (χ2v) is 4.44. The minimum absolute atomic E-state index is 0.189. The lowest BCUT2D eigenvalue weighted by Gasteiger charge is -2.04. The molecule has 2 rings (SSSR count). The Balaban J connectivity index is 2.22. The van der Waals surface area contributed by atoms with Crippen LogP contribution in [0.25, 0.3) is 11.1 Å². The van der Waals surface area contributed by atoms with E-state index >= 15 is 0 Å². The Hall–Kier alpha value is -2.40. The van der Waals surface area contributed by atoms with Crippen LogP contribution in [0.3, 0.4) is 0 Å². The molecule has 2 heteroatoms. The van der Waals surface area contributed by atoms with Crippen molar-refractivity contribution in [3.63, 3.8) is 0 Å². The van der Waals surface area contributed by atoms with Crippen molar-refractivity contribution >= 4 is 5.78 Å². The van der Waals surface area contributed by atoms with Gasteiger partial charge < -0.3 is 0 Å². The van der Waals surface area contributed by atoms with Crippen LogP contribution in [0, 0.1) is 11.3 Å². The molecule has 0 heterocycles. The van der Waals surface area contributed by atoms with E-state index in [-0.39, 0.29) is 5.78 Å². The van der Waals surface area contributed by atoms with Crippen molar-refractivity contribution in [2.24, 2.45) is 0 Å². The summed E-state index contributed by atoms with van der Waals surface area (Å²) in [6.07, 6.45) is 1.46. The Labute approximate surface area is 113 Å². The van der Waals surface area contributed by atoms with Gasteiger partial charge in [-0.3, -0.25) is 4.79 Å². The molecule has 0 aliphatic heterocycles. The smallest absolute Gasteiger partial charge is 0.162 e. The monoisotopic (exact) mass is 249 g/mol. The van der Waals surface area contributed by atoms with Gasteiger partial charge in [-0.05, 0) is 29.7 Å². The molecule has 0 N–H and O–H groups in total. The third kappa shape index (κ3) is 3.08. The van der Waals surface area contributed by atoms with Crippen LogP contribution >= 0.6 is 0 Å². The molecular formula is C17H15NO. The minimum atomic E-state index is 0.189. The highest BCUT2D eigenvalue weighted by molar-refractivity contribution is 5.96. The van der Waals surface area contributed by atoms with Gasteiger partial charge in [0.1, 0.15) is 0 Å². The summed E-state index contributed by atoms with van der Waals surface area (Å²) in [5.74, 6) is 0.189. The highest BCUT2D eigenvalue weighted by atomic mass is 16.1. The zero-order valence-corrected chi connectivity index (χ0v) is 10.9. The molecule has 19 heavy (non-hydrogen) atoms. The first kappa shape index (κ1) is 13.0. The summed E-state index contributed by atoms with van der Waals surface area (Å²) in [6, 6.07) is 17.2. The number of ketones is 1. The van der Waals surface area contributed by atoms with E-state index in [0.717, 1.165) is 23.1 Å². The van der Waals surface area contributed by atoms with Gasteiger partial charge >= 0.3 is 0 Å². The summed E-state index contributed by atoms with van der Waals surface area (Å²) in [4.78, 5) is 11.7. The van der Waals surface area contributed by atoms with Crippen LogP contribution in [0.4, 0.5) is 0 Å². The topological polar surface area (TPSA) is 40.9 Å². The first-order chi connectivity index (χ1) is 9.24. The summed E-state index contributed by atoms with van der Waals surface area (Å²) < 4.78 is 0. The summed E-state index contributed by atoms with van der Waals surface area (Å²) in [5, 5.41) is 8.76. The number of nitriles is 1. The molecule has 94 valence electrons. The van der Waals surface area contributed by atoms with E-state index in [2.05, 4.69) is 6.07 Å². The fourth-order valence-corrected chi connectivity index (χ4v) is 1.96. The number of carbonyl (C=O) groups is 1. The van der Waals surface area contributed by atoms with Gasteiger partial charge in [0.2, 0.25) is 0 Å². The van der Waals surface area contributed by atoms with Crippen LogP contribution in [0.5, 0.6) is 0 Å². The molecule has 0 spiro atoms. The van der Waals surface area contributed by atoms with Gasteiger partial charge in [0.05, 0.1) is 11.6 Å². The summed E-state index contributed by atoms with van der Waals surface area (Å²) in [6.45, 7) is 2.00. The zero-order valence-electron chi connectivity index (χ0n) is 10.9. The van der Waals surface area contributed by atoms with E-state index in [4.69, 9.17) is 5.26 Å². The van der Waals surface area contributed by atoms with Gasteiger partial charge in [-0.15, -0.1) is 0 Å². The molecule has 0 atom stereocenters. The van der Waals surface area contributed by atoms with Crippen molar-refractivity contribution < 1.29 is 4.79 Å². The molecule has 0 aliphatic carbocycles. The third-order valence-corrected chi connectivity index (χ3v) is 3.03. The predicted molar refractivity (Wildman–Crippen MR) is 75.8 cm³/mol. The van der Waals surface area contributed by atoms with E-state index in [1.807, 2.05) is 43.3 Å². The van der Waals surface area contributed by atoms with E-state index in [0.29, 0.717) is 12.0 Å². The van der Waals surface area contributed by atoms with Crippen molar-refractivity contribution in [2.45, 2.75) is 19.8 Å². The molecule has 0 saturated heterocycles. The quantitative estimate of drug-likeness (QED) is 0.761. The lowest BCUT2D eigenvalue weighted by atomic mass is 10.0. The molecular weight excluding hydrogens is 234 g/mol. The molecule has 2 aromatic carbocycles. The fraction of sp³-hybridized carbons (Fsp3) is 0.176.